The van der Waals surface area contributed by atoms with Crippen molar-refractivity contribution in [3.05, 3.63) is 88.5 Å². The van der Waals surface area contributed by atoms with Crippen LogP contribution in [0.15, 0.2) is 66.2 Å². The van der Waals surface area contributed by atoms with Crippen LogP contribution in [0.3, 0.4) is 0 Å². The zero-order chi connectivity index (χ0) is 23.1. The minimum absolute atomic E-state index is 0.0142. The summed E-state index contributed by atoms with van der Waals surface area (Å²) in [6.45, 7) is 6.04. The zero-order valence-electron chi connectivity index (χ0n) is 18.6. The third-order valence-electron chi connectivity index (χ3n) is 5.64. The van der Waals surface area contributed by atoms with Gasteiger partial charge in [-0.25, -0.2) is 4.79 Å². The molecule has 6 nitrogen and oxygen atoms in total. The number of fused-ring (bicyclic) bond motifs is 2. The molecule has 0 amide bonds. The highest BCUT2D eigenvalue weighted by molar-refractivity contribution is 6.04. The van der Waals surface area contributed by atoms with Crippen LogP contribution in [-0.4, -0.2) is 24.0 Å². The number of benzene rings is 3. The van der Waals surface area contributed by atoms with Gasteiger partial charge in [-0.3, -0.25) is 0 Å². The fraction of sp³-hybridized carbons (Fsp3) is 0.222. The summed E-state index contributed by atoms with van der Waals surface area (Å²) >= 11 is 0. The molecule has 1 N–H and O–H groups in total. The van der Waals surface area contributed by atoms with Crippen LogP contribution in [0.25, 0.3) is 5.57 Å². The summed E-state index contributed by atoms with van der Waals surface area (Å²) in [6.07, 6.45) is -0.836. The van der Waals surface area contributed by atoms with E-state index >= 15 is 0 Å². The van der Waals surface area contributed by atoms with Crippen molar-refractivity contribution < 1.29 is 28.8 Å². The van der Waals surface area contributed by atoms with E-state index in [1.807, 2.05) is 69.3 Å². The summed E-state index contributed by atoms with van der Waals surface area (Å²) in [7, 11) is 0. The summed E-state index contributed by atoms with van der Waals surface area (Å²) in [4.78, 5) is 12.7. The molecule has 0 radical (unpaired) electrons. The summed E-state index contributed by atoms with van der Waals surface area (Å²) in [5.41, 5.74) is 4.02. The number of hydrogen-bond acceptors (Lipinski definition) is 5. The Bertz CT molecular complexity index is 1260. The molecule has 0 bridgehead atoms. The second-order valence-electron chi connectivity index (χ2n) is 8.40. The summed E-state index contributed by atoms with van der Waals surface area (Å²) in [5.74, 6) is 1.40. The maximum absolute atomic E-state index is 12.7. The van der Waals surface area contributed by atoms with Gasteiger partial charge in [0.05, 0.1) is 11.7 Å². The van der Waals surface area contributed by atoms with Gasteiger partial charge in [0.1, 0.15) is 11.5 Å². The van der Waals surface area contributed by atoms with Crippen LogP contribution in [0.4, 0.5) is 0 Å². The van der Waals surface area contributed by atoms with Crippen LogP contribution in [0, 0.1) is 6.92 Å². The molecule has 3 aromatic carbocycles. The van der Waals surface area contributed by atoms with Gasteiger partial charge in [0.25, 0.3) is 0 Å². The minimum Gasteiger partial charge on any atom is -0.491 e. The Labute approximate surface area is 192 Å². The Kier molecular flexibility index (Phi) is 5.21. The molecule has 2 heterocycles. The van der Waals surface area contributed by atoms with Crippen LogP contribution in [0.5, 0.6) is 23.0 Å². The van der Waals surface area contributed by atoms with Gasteiger partial charge >= 0.3 is 5.97 Å². The lowest BCUT2D eigenvalue weighted by atomic mass is 9.85. The largest absolute Gasteiger partial charge is 0.491 e. The first-order chi connectivity index (χ1) is 15.9. The fourth-order valence-corrected chi connectivity index (χ4v) is 4.18. The average Bonchev–Trinajstić information content (AvgIpc) is 3.26. The molecular formula is C27H24O6. The summed E-state index contributed by atoms with van der Waals surface area (Å²) in [6, 6.07) is 18.7. The van der Waals surface area contributed by atoms with Gasteiger partial charge in [0.15, 0.2) is 17.6 Å². The second-order valence-corrected chi connectivity index (χ2v) is 8.40. The molecule has 168 valence electrons. The summed E-state index contributed by atoms with van der Waals surface area (Å²) < 4.78 is 23.1. The lowest BCUT2D eigenvalue weighted by Gasteiger charge is -2.30. The average molecular weight is 444 g/mol. The molecular weight excluding hydrogens is 420 g/mol. The molecule has 0 unspecified atom stereocenters. The first kappa shape index (κ1) is 20.9. The minimum atomic E-state index is -1.05. The van der Waals surface area contributed by atoms with Gasteiger partial charge in [0, 0.05) is 16.7 Å². The van der Waals surface area contributed by atoms with Crippen LogP contribution in [-0.2, 0) is 4.79 Å². The van der Waals surface area contributed by atoms with Crippen LogP contribution in [0.1, 0.15) is 42.2 Å². The number of carboxylic acids is 1. The summed E-state index contributed by atoms with van der Waals surface area (Å²) in [5, 5.41) is 10.4. The van der Waals surface area contributed by atoms with Crippen molar-refractivity contribution in [2.24, 2.45) is 0 Å². The predicted molar refractivity (Wildman–Crippen MR) is 123 cm³/mol. The van der Waals surface area contributed by atoms with Crippen molar-refractivity contribution in [3.63, 3.8) is 0 Å². The quantitative estimate of drug-likeness (QED) is 0.558. The molecule has 2 aliphatic rings. The number of ether oxygens (including phenoxy) is 4. The third-order valence-corrected chi connectivity index (χ3v) is 5.64. The molecule has 0 spiro atoms. The Morgan fingerprint density at radius 1 is 0.970 bits per heavy atom. The Morgan fingerprint density at radius 3 is 2.42 bits per heavy atom. The molecule has 1 atom stereocenters. The van der Waals surface area contributed by atoms with Crippen molar-refractivity contribution in [1.82, 2.24) is 0 Å². The van der Waals surface area contributed by atoms with Crippen molar-refractivity contribution >= 4 is 11.5 Å². The lowest BCUT2D eigenvalue weighted by Crippen LogP contribution is -2.23. The van der Waals surface area contributed by atoms with Crippen molar-refractivity contribution in [2.75, 3.05) is 6.79 Å². The molecule has 0 saturated heterocycles. The van der Waals surface area contributed by atoms with E-state index < -0.39 is 12.1 Å². The van der Waals surface area contributed by atoms with Crippen LogP contribution in [0.2, 0.25) is 0 Å². The van der Waals surface area contributed by atoms with E-state index in [1.54, 1.807) is 12.1 Å². The highest BCUT2D eigenvalue weighted by atomic mass is 16.7. The van der Waals surface area contributed by atoms with E-state index in [0.29, 0.717) is 39.7 Å². The molecule has 0 aromatic heterocycles. The molecule has 5 rings (SSSR count). The van der Waals surface area contributed by atoms with Gasteiger partial charge in [-0.1, -0.05) is 35.9 Å². The number of aryl methyl sites for hydroxylation is 1. The maximum Gasteiger partial charge on any atom is 0.336 e. The van der Waals surface area contributed by atoms with E-state index in [1.165, 1.54) is 0 Å². The Hall–Kier alpha value is -3.93. The number of carbonyl (C=O) groups is 1. The number of carboxylic acid groups (broad SMARTS) is 1. The first-order valence-electron chi connectivity index (χ1n) is 10.8. The van der Waals surface area contributed by atoms with E-state index in [2.05, 4.69) is 0 Å². The lowest BCUT2D eigenvalue weighted by molar-refractivity contribution is -0.133. The third kappa shape index (κ3) is 3.89. The SMILES string of the molecule is Cc1ccc(C2=C(C(=O)O)[C@@H](c3ccc4c(c3)OCO4)Oc3ccc(OC(C)C)cc32)cc1. The molecule has 2 aliphatic heterocycles. The van der Waals surface area contributed by atoms with E-state index in [9.17, 15) is 9.90 Å². The molecule has 0 fully saturated rings. The van der Waals surface area contributed by atoms with Gasteiger partial charge in [-0.2, -0.15) is 0 Å². The zero-order valence-corrected chi connectivity index (χ0v) is 18.6. The van der Waals surface area contributed by atoms with Crippen LogP contribution < -0.4 is 18.9 Å². The standard InChI is InChI=1S/C27H24O6/c1-15(2)32-19-9-11-21-20(13-19)24(17-6-4-16(3)5-7-17)25(27(28)29)26(33-21)18-8-10-22-23(12-18)31-14-30-22/h4-13,15,26H,14H2,1-3H3,(H,28,29)/t26-/m1/s1. The highest BCUT2D eigenvalue weighted by Gasteiger charge is 2.36. The molecule has 0 aliphatic carbocycles. The van der Waals surface area contributed by atoms with Crippen molar-refractivity contribution in [3.8, 4) is 23.0 Å². The molecule has 33 heavy (non-hydrogen) atoms. The van der Waals surface area contributed by atoms with E-state index in [0.717, 1.165) is 11.1 Å². The smallest absolute Gasteiger partial charge is 0.336 e. The Balaban J connectivity index is 1.73. The molecule has 0 saturated carbocycles. The van der Waals surface area contributed by atoms with Gasteiger partial charge in [-0.15, -0.1) is 0 Å². The maximum atomic E-state index is 12.7. The topological polar surface area (TPSA) is 74.2 Å². The highest BCUT2D eigenvalue weighted by Crippen LogP contribution is 2.47. The second kappa shape index (κ2) is 8.20. The van der Waals surface area contributed by atoms with Gasteiger partial charge in [-0.05, 0) is 56.7 Å². The van der Waals surface area contributed by atoms with Gasteiger partial charge < -0.3 is 24.1 Å². The Morgan fingerprint density at radius 2 is 1.70 bits per heavy atom. The van der Waals surface area contributed by atoms with Crippen molar-refractivity contribution in [2.45, 2.75) is 33.0 Å². The number of rotatable bonds is 5. The van der Waals surface area contributed by atoms with Gasteiger partial charge in [0.2, 0.25) is 6.79 Å². The van der Waals surface area contributed by atoms with Crippen molar-refractivity contribution in [1.29, 1.82) is 0 Å². The number of hydrogen-bond donors (Lipinski definition) is 1. The van der Waals surface area contributed by atoms with E-state index in [4.69, 9.17) is 18.9 Å². The molecule has 3 aromatic rings. The number of aliphatic carboxylic acids is 1. The normalized spacial score (nSPS) is 16.4. The predicted octanol–water partition coefficient (Wildman–Crippen LogP) is 5.53. The molecule has 6 heteroatoms. The monoisotopic (exact) mass is 444 g/mol. The van der Waals surface area contributed by atoms with E-state index in [-0.39, 0.29) is 18.5 Å². The fourth-order valence-electron chi connectivity index (χ4n) is 4.18. The van der Waals surface area contributed by atoms with Crippen LogP contribution >= 0.6 is 0 Å². The first-order valence-corrected chi connectivity index (χ1v) is 10.8.